The molecule has 2 unspecified atom stereocenters. The minimum absolute atomic E-state index is 0.0733. The standard InChI is InChI=1S/C12H21NO2/c1-7(2)12(15)13-10-5-8(3)11(14)9(4)6-10/h8-11,14H,1,5-6H2,2-4H3,(H,13,15). The van der Waals surface area contributed by atoms with Crippen molar-refractivity contribution in [3.05, 3.63) is 12.2 Å². The van der Waals surface area contributed by atoms with Crippen LogP contribution in [-0.4, -0.2) is 23.2 Å². The van der Waals surface area contributed by atoms with Crippen LogP contribution in [0.4, 0.5) is 0 Å². The van der Waals surface area contributed by atoms with E-state index in [0.717, 1.165) is 12.8 Å². The molecule has 0 aromatic rings. The zero-order valence-electron chi connectivity index (χ0n) is 9.79. The topological polar surface area (TPSA) is 49.3 Å². The Morgan fingerprint density at radius 1 is 1.33 bits per heavy atom. The van der Waals surface area contributed by atoms with E-state index in [0.29, 0.717) is 5.57 Å². The van der Waals surface area contributed by atoms with Crippen molar-refractivity contribution in [2.24, 2.45) is 11.8 Å². The zero-order valence-corrected chi connectivity index (χ0v) is 9.79. The van der Waals surface area contributed by atoms with Crippen molar-refractivity contribution in [3.8, 4) is 0 Å². The molecule has 1 saturated carbocycles. The number of rotatable bonds is 2. The Bertz CT molecular complexity index is 250. The Labute approximate surface area is 91.6 Å². The van der Waals surface area contributed by atoms with Crippen LogP contribution in [0.15, 0.2) is 12.2 Å². The van der Waals surface area contributed by atoms with E-state index in [-0.39, 0.29) is 29.9 Å². The summed E-state index contributed by atoms with van der Waals surface area (Å²) in [5, 5.41) is 12.7. The number of nitrogens with one attached hydrogen (secondary N) is 1. The highest BCUT2D eigenvalue weighted by atomic mass is 16.3. The van der Waals surface area contributed by atoms with Crippen molar-refractivity contribution in [2.75, 3.05) is 0 Å². The predicted octanol–water partition coefficient (Wildman–Crippen LogP) is 1.47. The number of aliphatic hydroxyl groups excluding tert-OH is 1. The summed E-state index contributed by atoms with van der Waals surface area (Å²) in [6, 6.07) is 0.183. The Morgan fingerprint density at radius 3 is 2.20 bits per heavy atom. The molecule has 0 bridgehead atoms. The highest BCUT2D eigenvalue weighted by Crippen LogP contribution is 2.29. The van der Waals surface area contributed by atoms with Gasteiger partial charge in [-0.25, -0.2) is 0 Å². The first kappa shape index (κ1) is 12.2. The molecule has 1 fully saturated rings. The maximum atomic E-state index is 11.4. The van der Waals surface area contributed by atoms with Gasteiger partial charge in [0.25, 0.3) is 0 Å². The van der Waals surface area contributed by atoms with Crippen LogP contribution in [-0.2, 0) is 4.79 Å². The van der Waals surface area contributed by atoms with Crippen molar-refractivity contribution >= 4 is 5.91 Å². The van der Waals surface area contributed by atoms with Crippen LogP contribution in [0.5, 0.6) is 0 Å². The summed E-state index contributed by atoms with van der Waals surface area (Å²) in [7, 11) is 0. The van der Waals surface area contributed by atoms with E-state index in [2.05, 4.69) is 11.9 Å². The molecule has 1 amide bonds. The fourth-order valence-corrected chi connectivity index (χ4v) is 2.26. The third-order valence-electron chi connectivity index (χ3n) is 3.20. The maximum Gasteiger partial charge on any atom is 0.246 e. The van der Waals surface area contributed by atoms with Crippen LogP contribution in [0.3, 0.4) is 0 Å². The van der Waals surface area contributed by atoms with Gasteiger partial charge in [0.15, 0.2) is 0 Å². The quantitative estimate of drug-likeness (QED) is 0.680. The van der Waals surface area contributed by atoms with Crippen molar-refractivity contribution in [2.45, 2.75) is 45.8 Å². The van der Waals surface area contributed by atoms with Crippen LogP contribution >= 0.6 is 0 Å². The number of hydrogen-bond donors (Lipinski definition) is 2. The first-order valence-corrected chi connectivity index (χ1v) is 5.56. The fourth-order valence-electron chi connectivity index (χ4n) is 2.26. The molecule has 0 radical (unpaired) electrons. The molecular formula is C12H21NO2. The Hall–Kier alpha value is -0.830. The van der Waals surface area contributed by atoms with Gasteiger partial charge in [-0.05, 0) is 31.6 Å². The molecule has 0 aliphatic heterocycles. The molecule has 1 aliphatic carbocycles. The molecular weight excluding hydrogens is 190 g/mol. The molecule has 2 atom stereocenters. The number of carbonyl (C=O) groups excluding carboxylic acids is 1. The summed E-state index contributed by atoms with van der Waals surface area (Å²) < 4.78 is 0. The number of carbonyl (C=O) groups is 1. The lowest BCUT2D eigenvalue weighted by Gasteiger charge is -2.36. The lowest BCUT2D eigenvalue weighted by Crippen LogP contribution is -2.45. The first-order chi connectivity index (χ1) is 6.91. The summed E-state index contributed by atoms with van der Waals surface area (Å²) in [5.41, 5.74) is 0.543. The molecule has 3 heteroatoms. The highest BCUT2D eigenvalue weighted by molar-refractivity contribution is 5.92. The van der Waals surface area contributed by atoms with E-state index in [1.165, 1.54) is 0 Å². The summed E-state index contributed by atoms with van der Waals surface area (Å²) >= 11 is 0. The lowest BCUT2D eigenvalue weighted by molar-refractivity contribution is -0.119. The van der Waals surface area contributed by atoms with Crippen molar-refractivity contribution in [1.82, 2.24) is 5.32 Å². The van der Waals surface area contributed by atoms with E-state index in [4.69, 9.17) is 0 Å². The summed E-state index contributed by atoms with van der Waals surface area (Å²) in [5.74, 6) is 0.434. The van der Waals surface area contributed by atoms with Crippen LogP contribution in [0.1, 0.15) is 33.6 Å². The second-order valence-corrected chi connectivity index (χ2v) is 4.87. The third kappa shape index (κ3) is 3.06. The van der Waals surface area contributed by atoms with Crippen LogP contribution in [0.25, 0.3) is 0 Å². The van der Waals surface area contributed by atoms with Gasteiger partial charge in [0.2, 0.25) is 5.91 Å². The average Bonchev–Trinajstić information content (AvgIpc) is 2.13. The van der Waals surface area contributed by atoms with Crippen LogP contribution in [0, 0.1) is 11.8 Å². The second-order valence-electron chi connectivity index (χ2n) is 4.87. The van der Waals surface area contributed by atoms with Crippen molar-refractivity contribution < 1.29 is 9.90 Å². The van der Waals surface area contributed by atoms with E-state index in [1.807, 2.05) is 13.8 Å². The average molecular weight is 211 g/mol. The van der Waals surface area contributed by atoms with Gasteiger partial charge in [-0.1, -0.05) is 20.4 Å². The number of hydrogen-bond acceptors (Lipinski definition) is 2. The Morgan fingerprint density at radius 2 is 1.80 bits per heavy atom. The van der Waals surface area contributed by atoms with E-state index >= 15 is 0 Å². The second kappa shape index (κ2) is 4.79. The van der Waals surface area contributed by atoms with Gasteiger partial charge in [0.1, 0.15) is 0 Å². The molecule has 0 heterocycles. The highest BCUT2D eigenvalue weighted by Gasteiger charge is 2.32. The van der Waals surface area contributed by atoms with Gasteiger partial charge in [0.05, 0.1) is 6.10 Å². The predicted molar refractivity (Wildman–Crippen MR) is 60.3 cm³/mol. The van der Waals surface area contributed by atoms with Gasteiger partial charge in [-0.15, -0.1) is 0 Å². The third-order valence-corrected chi connectivity index (χ3v) is 3.20. The Kier molecular flexibility index (Phi) is 3.91. The SMILES string of the molecule is C=C(C)C(=O)NC1CC(C)C(O)C(C)C1. The summed E-state index contributed by atoms with van der Waals surface area (Å²) in [6.45, 7) is 9.38. The molecule has 1 aliphatic rings. The molecule has 86 valence electrons. The van der Waals surface area contributed by atoms with Gasteiger partial charge < -0.3 is 10.4 Å². The smallest absolute Gasteiger partial charge is 0.246 e. The summed E-state index contributed by atoms with van der Waals surface area (Å²) in [6.07, 6.45) is 1.47. The van der Waals surface area contributed by atoms with Crippen LogP contribution in [0.2, 0.25) is 0 Å². The van der Waals surface area contributed by atoms with Crippen molar-refractivity contribution in [1.29, 1.82) is 0 Å². The first-order valence-electron chi connectivity index (χ1n) is 5.56. The Balaban J connectivity index is 2.51. The van der Waals surface area contributed by atoms with E-state index in [1.54, 1.807) is 6.92 Å². The molecule has 0 spiro atoms. The molecule has 2 N–H and O–H groups in total. The number of aliphatic hydroxyl groups is 1. The summed E-state index contributed by atoms with van der Waals surface area (Å²) in [4.78, 5) is 11.4. The molecule has 15 heavy (non-hydrogen) atoms. The minimum Gasteiger partial charge on any atom is -0.393 e. The maximum absolute atomic E-state index is 11.4. The number of amides is 1. The molecule has 0 aromatic carbocycles. The molecule has 0 aromatic heterocycles. The molecule has 3 nitrogen and oxygen atoms in total. The monoisotopic (exact) mass is 211 g/mol. The van der Waals surface area contributed by atoms with Crippen LogP contribution < -0.4 is 5.32 Å². The minimum atomic E-state index is -0.233. The van der Waals surface area contributed by atoms with E-state index in [9.17, 15) is 9.90 Å². The van der Waals surface area contributed by atoms with E-state index < -0.39 is 0 Å². The largest absolute Gasteiger partial charge is 0.393 e. The van der Waals surface area contributed by atoms with Crippen molar-refractivity contribution in [3.63, 3.8) is 0 Å². The van der Waals surface area contributed by atoms with Gasteiger partial charge in [0, 0.05) is 11.6 Å². The normalized spacial score (nSPS) is 36.0. The molecule has 1 rings (SSSR count). The fraction of sp³-hybridized carbons (Fsp3) is 0.750. The van der Waals surface area contributed by atoms with Gasteiger partial charge in [-0.3, -0.25) is 4.79 Å². The van der Waals surface area contributed by atoms with Gasteiger partial charge >= 0.3 is 0 Å². The zero-order chi connectivity index (χ0) is 11.6. The molecule has 0 saturated heterocycles. The lowest BCUT2D eigenvalue weighted by atomic mass is 9.78. The van der Waals surface area contributed by atoms with Gasteiger partial charge in [-0.2, -0.15) is 0 Å².